The van der Waals surface area contributed by atoms with E-state index in [4.69, 9.17) is 0 Å². The third-order valence-electron chi connectivity index (χ3n) is 3.33. The van der Waals surface area contributed by atoms with Crippen molar-refractivity contribution in [1.82, 2.24) is 0 Å². The molecule has 0 aromatic heterocycles. The van der Waals surface area contributed by atoms with Crippen LogP contribution in [0.25, 0.3) is 0 Å². The SMILES string of the molecule is O=[N+]([O-])c1cc(Br)ccc1N1CCCCCCC1. The van der Waals surface area contributed by atoms with Crippen molar-refractivity contribution in [3.8, 4) is 0 Å². The van der Waals surface area contributed by atoms with Crippen LogP contribution in [0.2, 0.25) is 0 Å². The van der Waals surface area contributed by atoms with Crippen LogP contribution in [-0.4, -0.2) is 18.0 Å². The zero-order valence-electron chi connectivity index (χ0n) is 10.3. The summed E-state index contributed by atoms with van der Waals surface area (Å²) in [5, 5.41) is 11.1. The maximum absolute atomic E-state index is 11.1. The molecular weight excluding hydrogens is 296 g/mol. The molecule has 0 bridgehead atoms. The molecule has 1 aromatic carbocycles. The van der Waals surface area contributed by atoms with Crippen molar-refractivity contribution in [2.75, 3.05) is 18.0 Å². The predicted molar refractivity (Wildman–Crippen MR) is 76.1 cm³/mol. The van der Waals surface area contributed by atoms with E-state index in [0.29, 0.717) is 0 Å². The van der Waals surface area contributed by atoms with Gasteiger partial charge in [0, 0.05) is 23.6 Å². The summed E-state index contributed by atoms with van der Waals surface area (Å²) in [6, 6.07) is 5.32. The number of hydrogen-bond donors (Lipinski definition) is 0. The van der Waals surface area contributed by atoms with Gasteiger partial charge in [0.2, 0.25) is 0 Å². The second kappa shape index (κ2) is 6.18. The molecule has 0 saturated carbocycles. The lowest BCUT2D eigenvalue weighted by Gasteiger charge is -2.26. The van der Waals surface area contributed by atoms with Gasteiger partial charge in [0.25, 0.3) is 5.69 Å². The molecule has 0 spiro atoms. The highest BCUT2D eigenvalue weighted by atomic mass is 79.9. The number of nitro groups is 1. The van der Waals surface area contributed by atoms with Crippen LogP contribution in [0.1, 0.15) is 32.1 Å². The number of anilines is 1. The molecule has 5 heteroatoms. The summed E-state index contributed by atoms with van der Waals surface area (Å²) in [7, 11) is 0. The fraction of sp³-hybridized carbons (Fsp3) is 0.538. The zero-order chi connectivity index (χ0) is 13.0. The molecule has 0 N–H and O–H groups in total. The van der Waals surface area contributed by atoms with Gasteiger partial charge in [-0.3, -0.25) is 10.1 Å². The zero-order valence-corrected chi connectivity index (χ0v) is 11.9. The Balaban J connectivity index is 2.27. The van der Waals surface area contributed by atoms with E-state index in [1.807, 2.05) is 12.1 Å². The molecule has 1 aromatic rings. The average Bonchev–Trinajstić information content (AvgIpc) is 2.29. The molecule has 0 amide bonds. The Hall–Kier alpha value is -1.10. The van der Waals surface area contributed by atoms with Crippen molar-refractivity contribution in [1.29, 1.82) is 0 Å². The third kappa shape index (κ3) is 3.22. The molecule has 0 aliphatic carbocycles. The summed E-state index contributed by atoms with van der Waals surface area (Å²) in [5.74, 6) is 0. The fourth-order valence-corrected chi connectivity index (χ4v) is 2.75. The molecule has 18 heavy (non-hydrogen) atoms. The van der Waals surface area contributed by atoms with Gasteiger partial charge in [-0.25, -0.2) is 0 Å². The number of halogens is 1. The topological polar surface area (TPSA) is 46.4 Å². The average molecular weight is 313 g/mol. The number of benzene rings is 1. The van der Waals surface area contributed by atoms with E-state index < -0.39 is 0 Å². The molecule has 0 atom stereocenters. The van der Waals surface area contributed by atoms with Crippen LogP contribution in [-0.2, 0) is 0 Å². The first-order chi connectivity index (χ1) is 8.68. The Labute approximate surface area is 115 Å². The van der Waals surface area contributed by atoms with Crippen LogP contribution in [0.15, 0.2) is 22.7 Å². The number of nitrogens with zero attached hydrogens (tertiary/aromatic N) is 2. The molecule has 1 saturated heterocycles. The fourth-order valence-electron chi connectivity index (χ4n) is 2.40. The van der Waals surface area contributed by atoms with E-state index in [-0.39, 0.29) is 10.6 Å². The monoisotopic (exact) mass is 312 g/mol. The molecule has 0 radical (unpaired) electrons. The summed E-state index contributed by atoms with van der Waals surface area (Å²) in [6.07, 6.45) is 5.97. The highest BCUT2D eigenvalue weighted by Gasteiger charge is 2.20. The number of hydrogen-bond acceptors (Lipinski definition) is 3. The number of nitro benzene ring substituents is 1. The summed E-state index contributed by atoms with van der Waals surface area (Å²) in [4.78, 5) is 13.0. The lowest BCUT2D eigenvalue weighted by molar-refractivity contribution is -0.384. The Morgan fingerprint density at radius 1 is 1.11 bits per heavy atom. The second-order valence-corrected chi connectivity index (χ2v) is 5.56. The van der Waals surface area contributed by atoms with Gasteiger partial charge in [0.1, 0.15) is 5.69 Å². The first-order valence-electron chi connectivity index (χ1n) is 6.37. The Morgan fingerprint density at radius 2 is 1.72 bits per heavy atom. The van der Waals surface area contributed by atoms with Gasteiger partial charge in [-0.1, -0.05) is 35.2 Å². The van der Waals surface area contributed by atoms with E-state index in [2.05, 4.69) is 20.8 Å². The lowest BCUT2D eigenvalue weighted by atomic mass is 10.1. The largest absolute Gasteiger partial charge is 0.366 e. The summed E-state index contributed by atoms with van der Waals surface area (Å²) < 4.78 is 0.755. The molecule has 0 unspecified atom stereocenters. The first kappa shape index (κ1) is 13.3. The van der Waals surface area contributed by atoms with Crippen LogP contribution in [0.5, 0.6) is 0 Å². The van der Waals surface area contributed by atoms with Crippen molar-refractivity contribution in [3.63, 3.8) is 0 Å². The summed E-state index contributed by atoms with van der Waals surface area (Å²) >= 11 is 3.29. The molecule has 1 aliphatic heterocycles. The minimum Gasteiger partial charge on any atom is -0.366 e. The molecule has 1 fully saturated rings. The van der Waals surface area contributed by atoms with Gasteiger partial charge in [-0.15, -0.1) is 0 Å². The van der Waals surface area contributed by atoms with Crippen LogP contribution < -0.4 is 4.90 Å². The molecule has 98 valence electrons. The van der Waals surface area contributed by atoms with Crippen molar-refractivity contribution < 1.29 is 4.92 Å². The van der Waals surface area contributed by atoms with Gasteiger partial charge < -0.3 is 4.90 Å². The Morgan fingerprint density at radius 3 is 2.33 bits per heavy atom. The van der Waals surface area contributed by atoms with Crippen molar-refractivity contribution in [2.45, 2.75) is 32.1 Å². The van der Waals surface area contributed by atoms with Crippen LogP contribution in [0, 0.1) is 10.1 Å². The first-order valence-corrected chi connectivity index (χ1v) is 7.16. The van der Waals surface area contributed by atoms with Gasteiger partial charge in [-0.05, 0) is 25.0 Å². The molecule has 1 aliphatic rings. The van der Waals surface area contributed by atoms with Crippen molar-refractivity contribution in [2.24, 2.45) is 0 Å². The molecule has 1 heterocycles. The van der Waals surface area contributed by atoms with Crippen molar-refractivity contribution in [3.05, 3.63) is 32.8 Å². The highest BCUT2D eigenvalue weighted by Crippen LogP contribution is 2.32. The second-order valence-electron chi connectivity index (χ2n) is 4.64. The maximum Gasteiger partial charge on any atom is 0.293 e. The third-order valence-corrected chi connectivity index (χ3v) is 3.82. The molecule has 2 rings (SSSR count). The van der Waals surface area contributed by atoms with E-state index >= 15 is 0 Å². The van der Waals surface area contributed by atoms with Crippen molar-refractivity contribution >= 4 is 27.3 Å². The standard InChI is InChI=1S/C13H17BrN2O2/c14-11-6-7-12(13(10-11)16(17)18)15-8-4-2-1-3-5-9-15/h6-7,10H,1-5,8-9H2. The summed E-state index contributed by atoms with van der Waals surface area (Å²) in [5.41, 5.74) is 0.954. The van der Waals surface area contributed by atoms with E-state index in [9.17, 15) is 10.1 Å². The van der Waals surface area contributed by atoms with Gasteiger partial charge in [0.15, 0.2) is 0 Å². The molecular formula is C13H17BrN2O2. The molecule has 4 nitrogen and oxygen atoms in total. The lowest BCUT2D eigenvalue weighted by Crippen LogP contribution is -2.27. The van der Waals surface area contributed by atoms with Crippen LogP contribution in [0.4, 0.5) is 11.4 Å². The number of rotatable bonds is 2. The predicted octanol–water partition coefficient (Wildman–Crippen LogP) is 4.13. The smallest absolute Gasteiger partial charge is 0.293 e. The van der Waals surface area contributed by atoms with E-state index in [1.54, 1.807) is 6.07 Å². The van der Waals surface area contributed by atoms with Gasteiger partial charge >= 0.3 is 0 Å². The highest BCUT2D eigenvalue weighted by molar-refractivity contribution is 9.10. The van der Waals surface area contributed by atoms with Crippen LogP contribution >= 0.6 is 15.9 Å². The van der Waals surface area contributed by atoms with E-state index in [1.165, 1.54) is 19.3 Å². The quantitative estimate of drug-likeness (QED) is 0.609. The van der Waals surface area contributed by atoms with E-state index in [0.717, 1.165) is 36.1 Å². The normalized spacial score (nSPS) is 17.1. The Kier molecular flexibility index (Phi) is 4.58. The maximum atomic E-state index is 11.1. The minimum absolute atomic E-state index is 0.199. The van der Waals surface area contributed by atoms with Crippen LogP contribution in [0.3, 0.4) is 0 Å². The van der Waals surface area contributed by atoms with Gasteiger partial charge in [0.05, 0.1) is 4.92 Å². The summed E-state index contributed by atoms with van der Waals surface area (Å²) in [6.45, 7) is 1.84. The minimum atomic E-state index is -0.293. The van der Waals surface area contributed by atoms with Gasteiger partial charge in [-0.2, -0.15) is 0 Å². The Bertz CT molecular complexity index is 429.